The van der Waals surface area contributed by atoms with E-state index < -0.39 is 24.4 Å². The van der Waals surface area contributed by atoms with Crippen molar-refractivity contribution in [2.75, 3.05) is 0 Å². The summed E-state index contributed by atoms with van der Waals surface area (Å²) in [6.07, 6.45) is 2.40. The first-order valence-corrected chi connectivity index (χ1v) is 7.97. The van der Waals surface area contributed by atoms with E-state index in [1.807, 2.05) is 0 Å². The zero-order valence-electron chi connectivity index (χ0n) is 13.7. The predicted molar refractivity (Wildman–Crippen MR) is 86.9 cm³/mol. The van der Waals surface area contributed by atoms with Gasteiger partial charge in [-0.1, -0.05) is 6.07 Å². The van der Waals surface area contributed by atoms with Gasteiger partial charge in [-0.3, -0.25) is 14.3 Å². The van der Waals surface area contributed by atoms with Gasteiger partial charge in [-0.2, -0.15) is 5.10 Å². The molecule has 1 aromatic heterocycles. The highest BCUT2D eigenvalue weighted by Crippen LogP contribution is 2.24. The zero-order valence-corrected chi connectivity index (χ0v) is 13.7. The number of carbonyl (C=O) groups excluding carboxylic acids is 2. The lowest BCUT2D eigenvalue weighted by Gasteiger charge is -2.32. The molecule has 1 aliphatic heterocycles. The van der Waals surface area contributed by atoms with Crippen molar-refractivity contribution >= 4 is 11.8 Å². The number of aryl methyl sites for hydroxylation is 1. The highest BCUT2D eigenvalue weighted by molar-refractivity contribution is 5.94. The number of hydrogen-bond donors (Lipinski definition) is 3. The molecule has 7 nitrogen and oxygen atoms in total. The number of rotatable bonds is 4. The van der Waals surface area contributed by atoms with Gasteiger partial charge in [0, 0.05) is 30.8 Å². The van der Waals surface area contributed by atoms with Gasteiger partial charge >= 0.3 is 0 Å². The molecule has 2 atom stereocenters. The van der Waals surface area contributed by atoms with Gasteiger partial charge in [0.15, 0.2) is 0 Å². The third-order valence-corrected chi connectivity index (χ3v) is 4.38. The first kappa shape index (κ1) is 17.1. The van der Waals surface area contributed by atoms with E-state index in [1.165, 1.54) is 12.1 Å². The highest BCUT2D eigenvalue weighted by Gasteiger charge is 2.33. The van der Waals surface area contributed by atoms with Gasteiger partial charge in [-0.15, -0.1) is 0 Å². The normalized spacial score (nSPS) is 20.2. The van der Waals surface area contributed by atoms with Crippen LogP contribution in [0.5, 0.6) is 0 Å². The second-order valence-electron chi connectivity index (χ2n) is 6.01. The molecule has 0 saturated carbocycles. The summed E-state index contributed by atoms with van der Waals surface area (Å²) in [6, 6.07) is 4.99. The second kappa shape index (κ2) is 7.02. The van der Waals surface area contributed by atoms with Crippen molar-refractivity contribution < 1.29 is 19.1 Å². The van der Waals surface area contributed by atoms with E-state index in [2.05, 4.69) is 15.7 Å². The average molecular weight is 346 g/mol. The van der Waals surface area contributed by atoms with Crippen molar-refractivity contribution in [3.63, 3.8) is 0 Å². The number of amides is 2. The first-order chi connectivity index (χ1) is 12.0. The third-order valence-electron chi connectivity index (χ3n) is 4.38. The lowest BCUT2D eigenvalue weighted by atomic mass is 9.94. The van der Waals surface area contributed by atoms with Crippen molar-refractivity contribution in [2.24, 2.45) is 7.05 Å². The Morgan fingerprint density at radius 3 is 2.92 bits per heavy atom. The first-order valence-electron chi connectivity index (χ1n) is 7.97. The van der Waals surface area contributed by atoms with Crippen LogP contribution in [-0.2, 0) is 18.4 Å². The van der Waals surface area contributed by atoms with E-state index in [-0.39, 0.29) is 23.1 Å². The molecule has 2 heterocycles. The molecule has 0 bridgehead atoms. The van der Waals surface area contributed by atoms with Crippen LogP contribution >= 0.6 is 0 Å². The number of aromatic nitrogens is 2. The molecule has 2 amide bonds. The minimum atomic E-state index is -0.629. The number of hydrogen-bond acceptors (Lipinski definition) is 4. The van der Waals surface area contributed by atoms with Crippen LogP contribution in [0.3, 0.4) is 0 Å². The van der Waals surface area contributed by atoms with Crippen LogP contribution in [-0.4, -0.2) is 32.7 Å². The van der Waals surface area contributed by atoms with E-state index >= 15 is 0 Å². The van der Waals surface area contributed by atoms with Crippen LogP contribution < -0.4 is 10.6 Å². The molecule has 25 heavy (non-hydrogen) atoms. The van der Waals surface area contributed by atoms with Crippen molar-refractivity contribution in [2.45, 2.75) is 31.5 Å². The van der Waals surface area contributed by atoms with Gasteiger partial charge in [0.2, 0.25) is 5.91 Å². The minimum absolute atomic E-state index is 0.0879. The monoisotopic (exact) mass is 346 g/mol. The molecule has 3 N–H and O–H groups in total. The Bertz CT molecular complexity index is 805. The number of nitrogens with zero attached hydrogens (tertiary/aromatic N) is 2. The van der Waals surface area contributed by atoms with E-state index in [0.29, 0.717) is 12.8 Å². The SMILES string of the molecule is Cn1nccc1[C@@H]1NC(=O)CC[C@H]1NC(=O)c1ccc(CO)c(F)c1. The summed E-state index contributed by atoms with van der Waals surface area (Å²) < 4.78 is 15.4. The van der Waals surface area contributed by atoms with Crippen LogP contribution in [0.2, 0.25) is 0 Å². The minimum Gasteiger partial charge on any atom is -0.392 e. The molecule has 1 aliphatic rings. The van der Waals surface area contributed by atoms with Crippen LogP contribution in [0, 0.1) is 5.82 Å². The Labute approximate surface area is 143 Å². The highest BCUT2D eigenvalue weighted by atomic mass is 19.1. The fourth-order valence-corrected chi connectivity index (χ4v) is 2.99. The summed E-state index contributed by atoms with van der Waals surface area (Å²) >= 11 is 0. The number of aliphatic hydroxyl groups excluding tert-OH is 1. The average Bonchev–Trinajstić information content (AvgIpc) is 3.02. The molecule has 0 unspecified atom stereocenters. The van der Waals surface area contributed by atoms with Crippen molar-refractivity contribution in [3.05, 3.63) is 53.1 Å². The zero-order chi connectivity index (χ0) is 18.0. The molecular weight excluding hydrogens is 327 g/mol. The number of nitrogens with one attached hydrogen (secondary N) is 2. The smallest absolute Gasteiger partial charge is 0.251 e. The Balaban J connectivity index is 1.80. The van der Waals surface area contributed by atoms with E-state index in [9.17, 15) is 14.0 Å². The summed E-state index contributed by atoms with van der Waals surface area (Å²) in [4.78, 5) is 24.2. The van der Waals surface area contributed by atoms with Crippen LogP contribution in [0.15, 0.2) is 30.5 Å². The van der Waals surface area contributed by atoms with Crippen molar-refractivity contribution in [3.8, 4) is 0 Å². The van der Waals surface area contributed by atoms with E-state index in [0.717, 1.165) is 11.8 Å². The molecule has 8 heteroatoms. The summed E-state index contributed by atoms with van der Waals surface area (Å²) in [5, 5.41) is 18.8. The van der Waals surface area contributed by atoms with Gasteiger partial charge in [-0.05, 0) is 24.6 Å². The number of carbonyl (C=O) groups is 2. The molecule has 1 saturated heterocycles. The third kappa shape index (κ3) is 3.53. The maximum absolute atomic E-state index is 13.8. The Morgan fingerprint density at radius 2 is 2.28 bits per heavy atom. The molecule has 3 rings (SSSR count). The van der Waals surface area contributed by atoms with Gasteiger partial charge in [0.25, 0.3) is 5.91 Å². The predicted octanol–water partition coefficient (Wildman–Crippen LogP) is 0.801. The summed E-state index contributed by atoms with van der Waals surface area (Å²) in [5.41, 5.74) is 1.07. The quantitative estimate of drug-likeness (QED) is 0.763. The molecule has 1 aromatic carbocycles. The number of aliphatic hydroxyl groups is 1. The van der Waals surface area contributed by atoms with Gasteiger partial charge in [0.05, 0.1) is 24.4 Å². The number of benzene rings is 1. The van der Waals surface area contributed by atoms with E-state index in [1.54, 1.807) is 24.0 Å². The molecule has 0 spiro atoms. The molecule has 0 radical (unpaired) electrons. The molecular formula is C17H19FN4O3. The fraction of sp³-hybridized carbons (Fsp3) is 0.353. The standard InChI is InChI=1S/C17H19FN4O3/c1-22-14(6-7-19-22)16-13(4-5-15(24)21-16)20-17(25)10-2-3-11(9-23)12(18)8-10/h2-3,6-8,13,16,23H,4-5,9H2,1H3,(H,20,25)(H,21,24)/t13-,16-/m1/s1. The number of piperidine rings is 1. The van der Waals surface area contributed by atoms with Crippen LogP contribution in [0.25, 0.3) is 0 Å². The summed E-state index contributed by atoms with van der Waals surface area (Å²) in [7, 11) is 1.76. The largest absolute Gasteiger partial charge is 0.392 e. The van der Waals surface area contributed by atoms with Gasteiger partial charge < -0.3 is 15.7 Å². The fourth-order valence-electron chi connectivity index (χ4n) is 2.99. The molecule has 132 valence electrons. The van der Waals surface area contributed by atoms with Crippen molar-refractivity contribution in [1.29, 1.82) is 0 Å². The van der Waals surface area contributed by atoms with E-state index in [4.69, 9.17) is 5.11 Å². The Morgan fingerprint density at radius 1 is 1.48 bits per heavy atom. The molecule has 1 fully saturated rings. The van der Waals surface area contributed by atoms with Crippen LogP contribution in [0.4, 0.5) is 4.39 Å². The lowest BCUT2D eigenvalue weighted by molar-refractivity contribution is -0.123. The second-order valence-corrected chi connectivity index (χ2v) is 6.01. The Kier molecular flexibility index (Phi) is 4.80. The summed E-state index contributed by atoms with van der Waals surface area (Å²) in [6.45, 7) is -0.426. The Hall–Kier alpha value is -2.74. The summed E-state index contributed by atoms with van der Waals surface area (Å²) in [5.74, 6) is -1.15. The topological polar surface area (TPSA) is 96.3 Å². The molecule has 0 aliphatic carbocycles. The van der Waals surface area contributed by atoms with Crippen molar-refractivity contribution in [1.82, 2.24) is 20.4 Å². The van der Waals surface area contributed by atoms with Gasteiger partial charge in [-0.25, -0.2) is 4.39 Å². The van der Waals surface area contributed by atoms with Crippen LogP contribution in [0.1, 0.15) is 40.5 Å². The number of halogens is 1. The lowest BCUT2D eigenvalue weighted by Crippen LogP contribution is -2.50. The maximum atomic E-state index is 13.8. The maximum Gasteiger partial charge on any atom is 0.251 e. The molecule has 2 aromatic rings. The van der Waals surface area contributed by atoms with Gasteiger partial charge in [0.1, 0.15) is 5.82 Å².